The maximum absolute atomic E-state index is 11.9. The number of methoxy groups -OCH3 is 1. The van der Waals surface area contributed by atoms with Crippen molar-refractivity contribution in [2.75, 3.05) is 19.0 Å². The van der Waals surface area contributed by atoms with Crippen LogP contribution in [0.2, 0.25) is 0 Å². The Morgan fingerprint density at radius 2 is 2.03 bits per heavy atom. The van der Waals surface area contributed by atoms with Gasteiger partial charge in [-0.15, -0.1) is 0 Å². The highest BCUT2D eigenvalue weighted by Gasteiger charge is 2.12. The van der Waals surface area contributed by atoms with Gasteiger partial charge in [0.1, 0.15) is 5.75 Å². The smallest absolute Gasteiger partial charge is 0.411 e. The Balaban J connectivity index is 1.82. The van der Waals surface area contributed by atoms with Crippen LogP contribution < -0.4 is 10.1 Å². The van der Waals surface area contributed by atoms with E-state index in [2.05, 4.69) is 10.4 Å². The largest absolute Gasteiger partial charge is 0.496 e. The maximum Gasteiger partial charge on any atom is 0.411 e. The number of carbonyl (C=O) groups is 2. The number of carboxylic acid groups (broad SMARTS) is 1. The van der Waals surface area contributed by atoms with Crippen LogP contribution in [0.15, 0.2) is 42.6 Å². The molecule has 0 saturated carbocycles. The maximum atomic E-state index is 11.9. The van der Waals surface area contributed by atoms with Crippen LogP contribution in [0.5, 0.6) is 5.75 Å². The summed E-state index contributed by atoms with van der Waals surface area (Å²) in [6, 6.07) is 10.2. The monoisotopic (exact) mass is 397 g/mol. The summed E-state index contributed by atoms with van der Waals surface area (Å²) in [7, 11) is 1.50. The molecule has 0 fully saturated rings. The molecular weight excluding hydrogens is 374 g/mol. The minimum absolute atomic E-state index is 0.156. The first-order chi connectivity index (χ1) is 14.0. The van der Waals surface area contributed by atoms with Gasteiger partial charge in [-0.2, -0.15) is 5.10 Å². The molecule has 152 valence electrons. The number of benzene rings is 2. The molecule has 1 heterocycles. The molecule has 0 unspecified atom stereocenters. The fraction of sp³-hybridized carbons (Fsp3) is 0.286. The number of unbranched alkanes of at least 4 members (excludes halogenated alkanes) is 1. The number of rotatable bonds is 8. The first kappa shape index (κ1) is 20.2. The van der Waals surface area contributed by atoms with Gasteiger partial charge in [0, 0.05) is 16.6 Å². The van der Waals surface area contributed by atoms with Gasteiger partial charge in [-0.1, -0.05) is 19.4 Å². The van der Waals surface area contributed by atoms with E-state index >= 15 is 0 Å². The van der Waals surface area contributed by atoms with Gasteiger partial charge < -0.3 is 14.6 Å². The standard InChI is InChI=1S/C21H23N3O5/c1-3-4-9-29-21(27)23-17-8-7-15-12-22-24(18(15)11-17)13-16-6-5-14(20(25)26)10-19(16)28-2/h5-8,10-12H,3-4,9,13H2,1-2H3,(H,23,27)(H,25,26). The lowest BCUT2D eigenvalue weighted by molar-refractivity contribution is 0.0696. The van der Waals surface area contributed by atoms with Crippen LogP contribution in [0.1, 0.15) is 35.7 Å². The number of aromatic carboxylic acids is 1. The van der Waals surface area contributed by atoms with Crippen molar-refractivity contribution in [2.45, 2.75) is 26.3 Å². The Kier molecular flexibility index (Phi) is 6.33. The number of aromatic nitrogens is 2. The third kappa shape index (κ3) is 4.84. The Labute approximate surface area is 168 Å². The number of nitrogens with zero attached hydrogens (tertiary/aromatic N) is 2. The Hall–Kier alpha value is -3.55. The van der Waals surface area contributed by atoms with Crippen LogP contribution in [-0.4, -0.2) is 40.7 Å². The third-order valence-electron chi connectivity index (χ3n) is 4.48. The van der Waals surface area contributed by atoms with Crippen molar-refractivity contribution < 1.29 is 24.2 Å². The summed E-state index contributed by atoms with van der Waals surface area (Å²) < 4.78 is 12.2. The van der Waals surface area contributed by atoms with E-state index in [9.17, 15) is 9.59 Å². The molecule has 0 aliphatic rings. The highest BCUT2D eigenvalue weighted by molar-refractivity contribution is 5.90. The minimum atomic E-state index is -1.01. The predicted octanol–water partition coefficient (Wildman–Crippen LogP) is 4.14. The van der Waals surface area contributed by atoms with E-state index in [1.165, 1.54) is 19.2 Å². The molecule has 3 rings (SSSR count). The normalized spacial score (nSPS) is 10.7. The zero-order valence-corrected chi connectivity index (χ0v) is 16.3. The molecule has 2 N–H and O–H groups in total. The van der Waals surface area contributed by atoms with Crippen molar-refractivity contribution in [1.82, 2.24) is 9.78 Å². The van der Waals surface area contributed by atoms with Gasteiger partial charge in [-0.25, -0.2) is 9.59 Å². The van der Waals surface area contributed by atoms with Crippen LogP contribution in [-0.2, 0) is 11.3 Å². The summed E-state index contributed by atoms with van der Waals surface area (Å²) in [5, 5.41) is 17.2. The highest BCUT2D eigenvalue weighted by Crippen LogP contribution is 2.24. The lowest BCUT2D eigenvalue weighted by Gasteiger charge is -2.11. The lowest BCUT2D eigenvalue weighted by Crippen LogP contribution is -2.14. The molecule has 0 saturated heterocycles. The molecular formula is C21H23N3O5. The van der Waals surface area contributed by atoms with E-state index in [0.29, 0.717) is 24.6 Å². The molecule has 2 aromatic carbocycles. The second-order valence-electron chi connectivity index (χ2n) is 6.52. The number of ether oxygens (including phenoxy) is 2. The van der Waals surface area contributed by atoms with Crippen LogP contribution in [0.25, 0.3) is 10.9 Å². The zero-order valence-electron chi connectivity index (χ0n) is 16.3. The van der Waals surface area contributed by atoms with Gasteiger partial charge in [0.2, 0.25) is 0 Å². The molecule has 0 bridgehead atoms. The molecule has 0 aliphatic heterocycles. The number of anilines is 1. The number of carbonyl (C=O) groups excluding carboxylic acids is 1. The average molecular weight is 397 g/mol. The molecule has 8 nitrogen and oxygen atoms in total. The van der Waals surface area contributed by atoms with E-state index in [0.717, 1.165) is 29.3 Å². The van der Waals surface area contributed by atoms with Crippen LogP contribution >= 0.6 is 0 Å². The number of hydrogen-bond donors (Lipinski definition) is 2. The third-order valence-corrected chi connectivity index (χ3v) is 4.48. The molecule has 0 spiro atoms. The number of amides is 1. The van der Waals surface area contributed by atoms with Crippen LogP contribution in [0.4, 0.5) is 10.5 Å². The van der Waals surface area contributed by atoms with E-state index in [1.54, 1.807) is 23.0 Å². The number of nitrogens with one attached hydrogen (secondary N) is 1. The molecule has 3 aromatic rings. The van der Waals surface area contributed by atoms with Crippen molar-refractivity contribution in [3.8, 4) is 5.75 Å². The van der Waals surface area contributed by atoms with Crippen molar-refractivity contribution >= 4 is 28.7 Å². The van der Waals surface area contributed by atoms with Crippen LogP contribution in [0, 0.1) is 0 Å². The quantitative estimate of drug-likeness (QED) is 0.554. The van der Waals surface area contributed by atoms with E-state index < -0.39 is 12.1 Å². The van der Waals surface area contributed by atoms with Crippen molar-refractivity contribution in [3.63, 3.8) is 0 Å². The first-order valence-electron chi connectivity index (χ1n) is 9.31. The van der Waals surface area contributed by atoms with E-state index in [4.69, 9.17) is 14.6 Å². The fourth-order valence-corrected chi connectivity index (χ4v) is 2.91. The molecule has 29 heavy (non-hydrogen) atoms. The van der Waals surface area contributed by atoms with E-state index in [1.807, 2.05) is 19.1 Å². The number of fused-ring (bicyclic) bond motifs is 1. The molecule has 1 amide bonds. The molecule has 8 heteroatoms. The number of hydrogen-bond acceptors (Lipinski definition) is 5. The Morgan fingerprint density at radius 1 is 1.21 bits per heavy atom. The SMILES string of the molecule is CCCCOC(=O)Nc1ccc2cnn(Cc3ccc(C(=O)O)cc3OC)c2c1. The molecule has 0 aliphatic carbocycles. The van der Waals surface area contributed by atoms with Gasteiger partial charge in [-0.3, -0.25) is 10.00 Å². The topological polar surface area (TPSA) is 103 Å². The van der Waals surface area contributed by atoms with Crippen LogP contribution in [0.3, 0.4) is 0 Å². The zero-order chi connectivity index (χ0) is 20.8. The summed E-state index contributed by atoms with van der Waals surface area (Å²) in [5.41, 5.74) is 2.37. The Morgan fingerprint density at radius 3 is 2.76 bits per heavy atom. The molecule has 0 atom stereocenters. The fourth-order valence-electron chi connectivity index (χ4n) is 2.91. The summed E-state index contributed by atoms with van der Waals surface area (Å²) in [6.45, 7) is 2.80. The first-order valence-corrected chi connectivity index (χ1v) is 9.31. The minimum Gasteiger partial charge on any atom is -0.496 e. The average Bonchev–Trinajstić information content (AvgIpc) is 3.10. The van der Waals surface area contributed by atoms with Gasteiger partial charge in [0.25, 0.3) is 0 Å². The molecule has 0 radical (unpaired) electrons. The van der Waals surface area contributed by atoms with Crippen molar-refractivity contribution in [2.24, 2.45) is 0 Å². The van der Waals surface area contributed by atoms with Gasteiger partial charge in [-0.05, 0) is 36.8 Å². The second-order valence-corrected chi connectivity index (χ2v) is 6.52. The summed E-state index contributed by atoms with van der Waals surface area (Å²) in [5.74, 6) is -0.539. The lowest BCUT2D eigenvalue weighted by atomic mass is 10.1. The van der Waals surface area contributed by atoms with Gasteiger partial charge in [0.05, 0.1) is 37.5 Å². The van der Waals surface area contributed by atoms with Crippen molar-refractivity contribution in [3.05, 3.63) is 53.7 Å². The molecule has 1 aromatic heterocycles. The Bertz CT molecular complexity index is 1030. The van der Waals surface area contributed by atoms with E-state index in [-0.39, 0.29) is 5.56 Å². The summed E-state index contributed by atoms with van der Waals surface area (Å²) in [4.78, 5) is 23.1. The summed E-state index contributed by atoms with van der Waals surface area (Å²) in [6.07, 6.45) is 3.02. The predicted molar refractivity (Wildman–Crippen MR) is 109 cm³/mol. The van der Waals surface area contributed by atoms with Gasteiger partial charge >= 0.3 is 12.1 Å². The second kappa shape index (κ2) is 9.09. The number of carboxylic acids is 1. The van der Waals surface area contributed by atoms with Gasteiger partial charge in [0.15, 0.2) is 0 Å². The highest BCUT2D eigenvalue weighted by atomic mass is 16.5. The van der Waals surface area contributed by atoms with Crippen molar-refractivity contribution in [1.29, 1.82) is 0 Å². The summed E-state index contributed by atoms with van der Waals surface area (Å²) >= 11 is 0.